The van der Waals surface area contributed by atoms with Gasteiger partial charge in [0.2, 0.25) is 0 Å². The summed E-state index contributed by atoms with van der Waals surface area (Å²) in [6.07, 6.45) is 2.33. The Bertz CT molecular complexity index is 956. The second-order valence-corrected chi connectivity index (χ2v) is 7.32. The van der Waals surface area contributed by atoms with Crippen LogP contribution in [0, 0.1) is 6.92 Å². The normalized spacial score (nSPS) is 19.2. The van der Waals surface area contributed by atoms with Crippen LogP contribution in [0.4, 0.5) is 4.79 Å². The summed E-state index contributed by atoms with van der Waals surface area (Å²) in [6, 6.07) is 6.97. The first-order chi connectivity index (χ1) is 13.3. The summed E-state index contributed by atoms with van der Waals surface area (Å²) in [7, 11) is 1.30. The molecule has 3 amide bonds. The SMILES string of the molecule is CCCC[C@]1(C)NC(=O)N(Cc2nc3ccccc3c(C)c2C(=O)OC)C1=O. The van der Waals surface area contributed by atoms with E-state index < -0.39 is 17.5 Å². The van der Waals surface area contributed by atoms with Gasteiger partial charge < -0.3 is 10.1 Å². The summed E-state index contributed by atoms with van der Waals surface area (Å²) in [6.45, 7) is 5.51. The fourth-order valence-corrected chi connectivity index (χ4v) is 3.67. The number of esters is 1. The molecule has 1 aromatic heterocycles. The van der Waals surface area contributed by atoms with Crippen molar-refractivity contribution in [2.45, 2.75) is 52.1 Å². The minimum atomic E-state index is -0.926. The van der Waals surface area contributed by atoms with E-state index in [1.165, 1.54) is 7.11 Å². The number of hydrogen-bond donors (Lipinski definition) is 1. The van der Waals surface area contributed by atoms with E-state index in [-0.39, 0.29) is 12.5 Å². The summed E-state index contributed by atoms with van der Waals surface area (Å²) >= 11 is 0. The molecule has 0 radical (unpaired) electrons. The summed E-state index contributed by atoms with van der Waals surface area (Å²) in [5.41, 5.74) is 1.14. The standard InChI is InChI=1S/C21H25N3O4/c1-5-6-11-21(3)19(26)24(20(27)23-21)12-16-17(18(25)28-4)13(2)14-9-7-8-10-15(14)22-16/h7-10H,5-6,11-12H2,1-4H3,(H,23,27)/t21-/m0/s1. The van der Waals surface area contributed by atoms with Gasteiger partial charge in [0.15, 0.2) is 0 Å². The number of nitrogens with one attached hydrogen (secondary N) is 1. The first kappa shape index (κ1) is 19.8. The lowest BCUT2D eigenvalue weighted by atomic mass is 9.95. The van der Waals surface area contributed by atoms with E-state index in [2.05, 4.69) is 10.3 Å². The van der Waals surface area contributed by atoms with Gasteiger partial charge >= 0.3 is 12.0 Å². The van der Waals surface area contributed by atoms with Gasteiger partial charge in [0.25, 0.3) is 5.91 Å². The largest absolute Gasteiger partial charge is 0.465 e. The maximum absolute atomic E-state index is 12.9. The number of carbonyl (C=O) groups is 3. The van der Waals surface area contributed by atoms with Gasteiger partial charge in [0, 0.05) is 5.39 Å². The zero-order chi connectivity index (χ0) is 20.5. The second-order valence-electron chi connectivity index (χ2n) is 7.32. The topological polar surface area (TPSA) is 88.6 Å². The Hall–Kier alpha value is -2.96. The molecule has 3 rings (SSSR count). The molecule has 0 aliphatic carbocycles. The number of rotatable bonds is 6. The van der Waals surface area contributed by atoms with Gasteiger partial charge in [-0.3, -0.25) is 9.69 Å². The number of hydrogen-bond acceptors (Lipinski definition) is 5. The highest BCUT2D eigenvalue weighted by Gasteiger charge is 2.47. The predicted molar refractivity (Wildman–Crippen MR) is 105 cm³/mol. The van der Waals surface area contributed by atoms with Crippen LogP contribution in [0.1, 0.15) is 54.7 Å². The third kappa shape index (κ3) is 3.32. The molecular weight excluding hydrogens is 358 g/mol. The van der Waals surface area contributed by atoms with Crippen molar-refractivity contribution >= 4 is 28.8 Å². The van der Waals surface area contributed by atoms with Gasteiger partial charge in [-0.25, -0.2) is 14.6 Å². The Labute approximate surface area is 164 Å². The second kappa shape index (κ2) is 7.58. The molecule has 2 aromatic rings. The molecular formula is C21H25N3O4. The van der Waals surface area contributed by atoms with Crippen molar-refractivity contribution in [1.29, 1.82) is 0 Å². The monoisotopic (exact) mass is 383 g/mol. The van der Waals surface area contributed by atoms with Gasteiger partial charge in [0.1, 0.15) is 5.54 Å². The number of aryl methyl sites for hydroxylation is 1. The van der Waals surface area contributed by atoms with E-state index in [1.807, 2.05) is 38.1 Å². The van der Waals surface area contributed by atoms with Crippen molar-refractivity contribution in [3.63, 3.8) is 0 Å². The third-order valence-corrected chi connectivity index (χ3v) is 5.30. The van der Waals surface area contributed by atoms with E-state index in [1.54, 1.807) is 6.92 Å². The van der Waals surface area contributed by atoms with Crippen molar-refractivity contribution in [3.05, 3.63) is 41.1 Å². The third-order valence-electron chi connectivity index (χ3n) is 5.30. The zero-order valence-electron chi connectivity index (χ0n) is 16.7. The van der Waals surface area contributed by atoms with E-state index in [4.69, 9.17) is 4.74 Å². The molecule has 0 saturated carbocycles. The van der Waals surface area contributed by atoms with Gasteiger partial charge in [-0.2, -0.15) is 0 Å². The molecule has 1 aliphatic heterocycles. The maximum atomic E-state index is 12.9. The van der Waals surface area contributed by atoms with Crippen LogP contribution in [0.3, 0.4) is 0 Å². The number of nitrogens with zero attached hydrogens (tertiary/aromatic N) is 2. The molecule has 1 N–H and O–H groups in total. The number of ether oxygens (including phenoxy) is 1. The molecule has 0 unspecified atom stereocenters. The molecule has 0 bridgehead atoms. The highest BCUT2D eigenvalue weighted by molar-refractivity contribution is 6.07. The number of aromatic nitrogens is 1. The molecule has 7 nitrogen and oxygen atoms in total. The lowest BCUT2D eigenvalue weighted by Gasteiger charge is -2.21. The molecule has 7 heteroatoms. The van der Waals surface area contributed by atoms with Crippen LogP contribution in [0.15, 0.2) is 24.3 Å². The number of imide groups is 1. The number of pyridine rings is 1. The van der Waals surface area contributed by atoms with Crippen LogP contribution < -0.4 is 5.32 Å². The molecule has 1 aromatic carbocycles. The molecule has 1 atom stereocenters. The van der Waals surface area contributed by atoms with Crippen LogP contribution >= 0.6 is 0 Å². The summed E-state index contributed by atoms with van der Waals surface area (Å²) in [4.78, 5) is 43.6. The number of carbonyl (C=O) groups excluding carboxylic acids is 3. The zero-order valence-corrected chi connectivity index (χ0v) is 16.7. The van der Waals surface area contributed by atoms with Gasteiger partial charge in [-0.1, -0.05) is 38.0 Å². The average Bonchev–Trinajstić information content (AvgIpc) is 2.89. The Morgan fingerprint density at radius 3 is 2.68 bits per heavy atom. The van der Waals surface area contributed by atoms with Crippen molar-refractivity contribution < 1.29 is 19.1 Å². The summed E-state index contributed by atoms with van der Waals surface area (Å²) < 4.78 is 4.94. The molecule has 148 valence electrons. The van der Waals surface area contributed by atoms with Crippen LogP contribution in [-0.4, -0.2) is 40.4 Å². The summed E-state index contributed by atoms with van der Waals surface area (Å²) in [5, 5.41) is 3.62. The quantitative estimate of drug-likeness (QED) is 0.610. The van der Waals surface area contributed by atoms with Gasteiger partial charge in [-0.15, -0.1) is 0 Å². The van der Waals surface area contributed by atoms with Crippen molar-refractivity contribution in [3.8, 4) is 0 Å². The van der Waals surface area contributed by atoms with Crippen LogP contribution in [-0.2, 0) is 16.1 Å². The van der Waals surface area contributed by atoms with Crippen molar-refractivity contribution in [1.82, 2.24) is 15.2 Å². The molecule has 28 heavy (non-hydrogen) atoms. The van der Waals surface area contributed by atoms with E-state index in [9.17, 15) is 14.4 Å². The Morgan fingerprint density at radius 1 is 1.29 bits per heavy atom. The van der Waals surface area contributed by atoms with Crippen LogP contribution in [0.5, 0.6) is 0 Å². The number of amides is 3. The number of urea groups is 1. The van der Waals surface area contributed by atoms with Crippen LogP contribution in [0.2, 0.25) is 0 Å². The molecule has 0 spiro atoms. The van der Waals surface area contributed by atoms with Crippen molar-refractivity contribution in [2.75, 3.05) is 7.11 Å². The number of unbranched alkanes of at least 4 members (excludes halogenated alkanes) is 1. The van der Waals surface area contributed by atoms with Crippen LogP contribution in [0.25, 0.3) is 10.9 Å². The maximum Gasteiger partial charge on any atom is 0.340 e. The smallest absolute Gasteiger partial charge is 0.340 e. The average molecular weight is 383 g/mol. The van der Waals surface area contributed by atoms with Gasteiger partial charge in [0.05, 0.1) is 30.4 Å². The van der Waals surface area contributed by atoms with E-state index >= 15 is 0 Å². The molecule has 1 saturated heterocycles. The Balaban J connectivity index is 2.03. The number of fused-ring (bicyclic) bond motifs is 1. The lowest BCUT2D eigenvalue weighted by Crippen LogP contribution is -2.43. The predicted octanol–water partition coefficient (Wildman–Crippen LogP) is 3.33. The lowest BCUT2D eigenvalue weighted by molar-refractivity contribution is -0.131. The number of para-hydroxylation sites is 1. The van der Waals surface area contributed by atoms with E-state index in [0.29, 0.717) is 28.8 Å². The first-order valence-corrected chi connectivity index (χ1v) is 9.43. The fraction of sp³-hybridized carbons (Fsp3) is 0.429. The highest BCUT2D eigenvalue weighted by Crippen LogP contribution is 2.28. The minimum absolute atomic E-state index is 0.0809. The highest BCUT2D eigenvalue weighted by atomic mass is 16.5. The first-order valence-electron chi connectivity index (χ1n) is 9.43. The number of methoxy groups -OCH3 is 1. The fourth-order valence-electron chi connectivity index (χ4n) is 3.67. The minimum Gasteiger partial charge on any atom is -0.465 e. The number of benzene rings is 1. The Kier molecular flexibility index (Phi) is 5.36. The molecule has 1 aliphatic rings. The van der Waals surface area contributed by atoms with Gasteiger partial charge in [-0.05, 0) is 31.9 Å². The van der Waals surface area contributed by atoms with E-state index in [0.717, 1.165) is 23.1 Å². The Morgan fingerprint density at radius 2 is 2.00 bits per heavy atom. The van der Waals surface area contributed by atoms with Crippen molar-refractivity contribution in [2.24, 2.45) is 0 Å². The summed E-state index contributed by atoms with van der Waals surface area (Å²) in [5.74, 6) is -0.832. The molecule has 2 heterocycles. The molecule has 1 fully saturated rings.